The topological polar surface area (TPSA) is 120 Å². The lowest BCUT2D eigenvalue weighted by molar-refractivity contribution is -0.385. The Morgan fingerprint density at radius 2 is 2.03 bits per heavy atom. The molecular weight excluding hydrogens is 388 g/mol. The number of amides is 1. The molecule has 4 rings (SSSR count). The molecule has 4 aromatic rings. The fourth-order valence-electron chi connectivity index (χ4n) is 3.06. The highest BCUT2D eigenvalue weighted by Gasteiger charge is 2.19. The Morgan fingerprint density at radius 3 is 2.77 bits per heavy atom. The maximum atomic E-state index is 12.7. The second-order valence-electron chi connectivity index (χ2n) is 6.42. The number of nitrogens with one attached hydrogen (secondary N) is 1. The predicted octanol–water partition coefficient (Wildman–Crippen LogP) is 4.37. The number of aromatic nitrogens is 2. The van der Waals surface area contributed by atoms with Crippen LogP contribution in [0.25, 0.3) is 22.7 Å². The number of ether oxygens (including phenoxy) is 1. The molecule has 2 heterocycles. The van der Waals surface area contributed by atoms with Crippen LogP contribution in [0, 0.1) is 17.0 Å². The van der Waals surface area contributed by atoms with E-state index in [1.54, 1.807) is 30.5 Å². The molecule has 0 radical (unpaired) electrons. The van der Waals surface area contributed by atoms with Crippen LogP contribution in [0.1, 0.15) is 15.9 Å². The Kier molecular flexibility index (Phi) is 4.85. The van der Waals surface area contributed by atoms with Gasteiger partial charge in [-0.25, -0.2) is 4.98 Å². The van der Waals surface area contributed by atoms with E-state index in [0.29, 0.717) is 28.4 Å². The molecule has 9 nitrogen and oxygen atoms in total. The van der Waals surface area contributed by atoms with Gasteiger partial charge in [-0.3, -0.25) is 14.9 Å². The minimum absolute atomic E-state index is 0.0827. The highest BCUT2D eigenvalue weighted by Crippen LogP contribution is 2.31. The van der Waals surface area contributed by atoms with Gasteiger partial charge in [0.2, 0.25) is 5.89 Å². The molecule has 0 atom stereocenters. The Morgan fingerprint density at radius 1 is 1.20 bits per heavy atom. The van der Waals surface area contributed by atoms with Crippen LogP contribution in [-0.2, 0) is 0 Å². The monoisotopic (exact) mass is 404 g/mol. The molecule has 0 fully saturated rings. The highest BCUT2D eigenvalue weighted by atomic mass is 16.6. The van der Waals surface area contributed by atoms with Crippen LogP contribution < -0.4 is 10.1 Å². The lowest BCUT2D eigenvalue weighted by Crippen LogP contribution is -2.13. The van der Waals surface area contributed by atoms with Gasteiger partial charge in [-0.15, -0.1) is 0 Å². The van der Waals surface area contributed by atoms with Crippen molar-refractivity contribution in [3.05, 3.63) is 76.0 Å². The summed E-state index contributed by atoms with van der Waals surface area (Å²) in [5, 5.41) is 14.0. The fraction of sp³-hybridized carbons (Fsp3) is 0.0952. The average molecular weight is 404 g/mol. The molecule has 0 saturated heterocycles. The Labute approximate surface area is 170 Å². The predicted molar refractivity (Wildman–Crippen MR) is 110 cm³/mol. The summed E-state index contributed by atoms with van der Waals surface area (Å²) in [7, 11) is 1.33. The number of fused-ring (bicyclic) bond motifs is 1. The molecule has 9 heteroatoms. The molecule has 0 aliphatic carbocycles. The van der Waals surface area contributed by atoms with Gasteiger partial charge in [-0.2, -0.15) is 4.98 Å². The van der Waals surface area contributed by atoms with E-state index in [9.17, 15) is 14.9 Å². The van der Waals surface area contributed by atoms with Crippen LogP contribution in [-0.4, -0.2) is 27.9 Å². The number of nitro groups is 1. The summed E-state index contributed by atoms with van der Waals surface area (Å²) in [6.45, 7) is 1.82. The second kappa shape index (κ2) is 7.63. The lowest BCUT2D eigenvalue weighted by atomic mass is 10.1. The first kappa shape index (κ1) is 19.1. The van der Waals surface area contributed by atoms with E-state index in [-0.39, 0.29) is 17.0 Å². The minimum Gasteiger partial charge on any atom is -0.490 e. The zero-order chi connectivity index (χ0) is 21.3. The van der Waals surface area contributed by atoms with Gasteiger partial charge in [0.1, 0.15) is 0 Å². The van der Waals surface area contributed by atoms with E-state index < -0.39 is 10.8 Å². The quantitative estimate of drug-likeness (QED) is 0.387. The first-order valence-corrected chi connectivity index (χ1v) is 8.93. The van der Waals surface area contributed by atoms with Gasteiger partial charge in [0.25, 0.3) is 5.91 Å². The standard InChI is InChI=1S/C21H16N4O5/c1-12-14(21-24-19-18(30-21)7-4-10-22-19)5-3-6-15(12)23-20(26)13-8-9-17(29-2)16(11-13)25(27)28/h3-11H,1-2H3,(H,23,26). The number of hydrogen-bond acceptors (Lipinski definition) is 7. The van der Waals surface area contributed by atoms with Gasteiger partial charge in [0.15, 0.2) is 17.0 Å². The number of rotatable bonds is 5. The highest BCUT2D eigenvalue weighted by molar-refractivity contribution is 6.05. The van der Waals surface area contributed by atoms with Gasteiger partial charge in [-0.05, 0) is 48.9 Å². The number of nitro benzene ring substituents is 1. The molecule has 1 amide bonds. The van der Waals surface area contributed by atoms with Crippen LogP contribution >= 0.6 is 0 Å². The number of carbonyl (C=O) groups is 1. The molecule has 2 aromatic carbocycles. The maximum absolute atomic E-state index is 12.7. The molecule has 150 valence electrons. The third kappa shape index (κ3) is 3.44. The van der Waals surface area contributed by atoms with Crippen molar-refractivity contribution >= 4 is 28.5 Å². The summed E-state index contributed by atoms with van der Waals surface area (Å²) < 4.78 is 10.7. The molecule has 1 N–H and O–H groups in total. The van der Waals surface area contributed by atoms with E-state index >= 15 is 0 Å². The molecule has 0 saturated carbocycles. The fourth-order valence-corrected chi connectivity index (χ4v) is 3.06. The van der Waals surface area contributed by atoms with Crippen molar-refractivity contribution in [2.75, 3.05) is 12.4 Å². The summed E-state index contributed by atoms with van der Waals surface area (Å²) in [5.41, 5.74) is 2.88. The van der Waals surface area contributed by atoms with E-state index in [2.05, 4.69) is 15.3 Å². The zero-order valence-corrected chi connectivity index (χ0v) is 16.1. The maximum Gasteiger partial charge on any atom is 0.311 e. The van der Waals surface area contributed by atoms with E-state index in [1.807, 2.05) is 13.0 Å². The molecular formula is C21H16N4O5. The number of hydrogen-bond donors (Lipinski definition) is 1. The average Bonchev–Trinajstić information content (AvgIpc) is 3.18. The smallest absolute Gasteiger partial charge is 0.311 e. The Hall–Kier alpha value is -4.27. The molecule has 0 unspecified atom stereocenters. The van der Waals surface area contributed by atoms with Crippen LogP contribution in [0.5, 0.6) is 5.75 Å². The normalized spacial score (nSPS) is 10.7. The van der Waals surface area contributed by atoms with Crippen LogP contribution in [0.15, 0.2) is 59.1 Å². The van der Waals surface area contributed by atoms with Crippen LogP contribution in [0.2, 0.25) is 0 Å². The third-order valence-corrected chi connectivity index (χ3v) is 4.62. The number of carbonyl (C=O) groups excluding carboxylic acids is 1. The van der Waals surface area contributed by atoms with Crippen molar-refractivity contribution < 1.29 is 18.9 Å². The molecule has 2 aromatic heterocycles. The first-order valence-electron chi connectivity index (χ1n) is 8.93. The largest absolute Gasteiger partial charge is 0.490 e. The second-order valence-corrected chi connectivity index (χ2v) is 6.42. The summed E-state index contributed by atoms with van der Waals surface area (Å²) >= 11 is 0. The van der Waals surface area contributed by atoms with Gasteiger partial charge in [0.05, 0.1) is 12.0 Å². The van der Waals surface area contributed by atoms with Crippen molar-refractivity contribution in [3.63, 3.8) is 0 Å². The lowest BCUT2D eigenvalue weighted by Gasteiger charge is -2.11. The van der Waals surface area contributed by atoms with Crippen LogP contribution in [0.3, 0.4) is 0 Å². The third-order valence-electron chi connectivity index (χ3n) is 4.62. The van der Waals surface area contributed by atoms with E-state index in [4.69, 9.17) is 9.15 Å². The van der Waals surface area contributed by atoms with Gasteiger partial charge in [-0.1, -0.05) is 6.07 Å². The number of pyridine rings is 1. The SMILES string of the molecule is COc1ccc(C(=O)Nc2cccc(-c3nc4ncccc4o3)c2C)cc1[N+](=O)[O-]. The summed E-state index contributed by atoms with van der Waals surface area (Å²) in [6, 6.07) is 12.9. The van der Waals surface area contributed by atoms with Crippen molar-refractivity contribution in [1.29, 1.82) is 0 Å². The molecule has 0 spiro atoms. The molecule has 0 aliphatic rings. The van der Waals surface area contributed by atoms with Crippen LogP contribution in [0.4, 0.5) is 11.4 Å². The Bertz CT molecular complexity index is 1250. The molecule has 0 aliphatic heterocycles. The number of benzene rings is 2. The van der Waals surface area contributed by atoms with Gasteiger partial charge < -0.3 is 14.5 Å². The molecule has 30 heavy (non-hydrogen) atoms. The van der Waals surface area contributed by atoms with Gasteiger partial charge in [0, 0.05) is 29.1 Å². The van der Waals surface area contributed by atoms with Crippen molar-refractivity contribution in [2.45, 2.75) is 6.92 Å². The number of nitrogens with zero attached hydrogens (tertiary/aromatic N) is 3. The van der Waals surface area contributed by atoms with Crippen molar-refractivity contribution in [3.8, 4) is 17.2 Å². The first-order chi connectivity index (χ1) is 14.5. The number of methoxy groups -OCH3 is 1. The summed E-state index contributed by atoms with van der Waals surface area (Å²) in [4.78, 5) is 31.9. The summed E-state index contributed by atoms with van der Waals surface area (Å²) in [6.07, 6.45) is 1.63. The van der Waals surface area contributed by atoms with Crippen molar-refractivity contribution in [2.24, 2.45) is 0 Å². The minimum atomic E-state index is -0.594. The summed E-state index contributed by atoms with van der Waals surface area (Å²) in [5.74, 6) is -0.0167. The Balaban J connectivity index is 1.66. The van der Waals surface area contributed by atoms with Gasteiger partial charge >= 0.3 is 5.69 Å². The zero-order valence-electron chi connectivity index (χ0n) is 16.1. The number of oxazole rings is 1. The number of anilines is 1. The van der Waals surface area contributed by atoms with E-state index in [1.165, 1.54) is 25.3 Å². The van der Waals surface area contributed by atoms with Crippen molar-refractivity contribution in [1.82, 2.24) is 9.97 Å². The molecule has 0 bridgehead atoms. The van der Waals surface area contributed by atoms with E-state index in [0.717, 1.165) is 5.56 Å².